The van der Waals surface area contributed by atoms with Crippen LogP contribution in [0.1, 0.15) is 22.5 Å². The van der Waals surface area contributed by atoms with E-state index in [4.69, 9.17) is 4.74 Å². The van der Waals surface area contributed by atoms with Crippen LogP contribution in [0.5, 0.6) is 5.75 Å². The quantitative estimate of drug-likeness (QED) is 0.457. The van der Waals surface area contributed by atoms with Gasteiger partial charge in [0.05, 0.1) is 12.8 Å². The third-order valence-corrected chi connectivity index (χ3v) is 5.95. The maximum absolute atomic E-state index is 14.5. The molecule has 0 bridgehead atoms. The van der Waals surface area contributed by atoms with Gasteiger partial charge in [-0.05, 0) is 31.2 Å². The molecule has 5 aromatic rings. The van der Waals surface area contributed by atoms with Gasteiger partial charge in [0.25, 0.3) is 0 Å². The number of hydrogen-bond donors (Lipinski definition) is 1. The second-order valence-corrected chi connectivity index (χ2v) is 7.78. The van der Waals surface area contributed by atoms with Crippen LogP contribution >= 0.6 is 0 Å². The number of nitriles is 1. The molecule has 1 aliphatic heterocycles. The summed E-state index contributed by atoms with van der Waals surface area (Å²) in [6.07, 6.45) is 5.47. The maximum Gasteiger partial charge on any atom is 0.210 e. The van der Waals surface area contributed by atoms with Crippen molar-refractivity contribution in [3.63, 3.8) is 0 Å². The highest BCUT2D eigenvalue weighted by Crippen LogP contribution is 2.32. The monoisotopic (exact) mass is 440 g/mol. The summed E-state index contributed by atoms with van der Waals surface area (Å²) in [6.45, 7) is 2.72. The molecule has 0 radical (unpaired) electrons. The predicted octanol–water partition coefficient (Wildman–Crippen LogP) is 3.31. The van der Waals surface area contributed by atoms with E-state index in [9.17, 15) is 9.65 Å². The van der Waals surface area contributed by atoms with Crippen LogP contribution in [0.4, 0.5) is 10.3 Å². The summed E-state index contributed by atoms with van der Waals surface area (Å²) < 4.78 is 23.6. The highest BCUT2D eigenvalue weighted by Gasteiger charge is 2.21. The molecule has 162 valence electrons. The largest absolute Gasteiger partial charge is 0.493 e. The van der Waals surface area contributed by atoms with Gasteiger partial charge in [-0.3, -0.25) is 8.80 Å². The van der Waals surface area contributed by atoms with Gasteiger partial charge in [0, 0.05) is 47.1 Å². The third-order valence-electron chi connectivity index (χ3n) is 5.95. The second-order valence-electron chi connectivity index (χ2n) is 7.78. The van der Waals surface area contributed by atoms with E-state index >= 15 is 0 Å². The summed E-state index contributed by atoms with van der Waals surface area (Å²) in [4.78, 5) is 9.01. The lowest BCUT2D eigenvalue weighted by molar-refractivity contribution is 0.356. The van der Waals surface area contributed by atoms with E-state index in [1.54, 1.807) is 33.6 Å². The van der Waals surface area contributed by atoms with Gasteiger partial charge in [-0.25, -0.2) is 14.4 Å². The van der Waals surface area contributed by atoms with Crippen molar-refractivity contribution < 1.29 is 9.13 Å². The van der Waals surface area contributed by atoms with E-state index in [-0.39, 0.29) is 12.4 Å². The molecule has 1 N–H and O–H groups in total. The summed E-state index contributed by atoms with van der Waals surface area (Å²) in [5.41, 5.74) is 5.51. The fraction of sp³-hybridized carbons (Fsp3) is 0.174. The van der Waals surface area contributed by atoms with Crippen LogP contribution in [0.3, 0.4) is 0 Å². The van der Waals surface area contributed by atoms with Gasteiger partial charge in [-0.1, -0.05) is 0 Å². The standard InChI is InChI=1S/C23H17FN8O/c1-13-2-3-16(21-26-9-14(8-25)32(13)21)18-11-28-23(31-12-29-30-22(18)31)27-10-17-15-6-7-33-20(15)5-4-19(17)24/h2-5,9,11-12H,6-7,10H2,1H3,(H,27,28). The Hall–Kier alpha value is -4.52. The number of hydrogen-bond acceptors (Lipinski definition) is 7. The van der Waals surface area contributed by atoms with Gasteiger partial charge in [0.15, 0.2) is 5.65 Å². The molecule has 0 aliphatic carbocycles. The molecule has 1 aliphatic rings. The Morgan fingerprint density at radius 2 is 2.06 bits per heavy atom. The summed E-state index contributed by atoms with van der Waals surface area (Å²) in [5.74, 6) is 0.933. The van der Waals surface area contributed by atoms with Crippen molar-refractivity contribution >= 4 is 17.2 Å². The Balaban J connectivity index is 1.41. The average Bonchev–Trinajstić information content (AvgIpc) is 3.58. The topological polar surface area (TPSA) is 105 Å². The van der Waals surface area contributed by atoms with Crippen molar-refractivity contribution in [2.75, 3.05) is 11.9 Å². The van der Waals surface area contributed by atoms with Crippen molar-refractivity contribution in [1.82, 2.24) is 29.0 Å². The van der Waals surface area contributed by atoms with Crippen LogP contribution < -0.4 is 10.1 Å². The van der Waals surface area contributed by atoms with Crippen LogP contribution in [0.2, 0.25) is 0 Å². The first-order valence-corrected chi connectivity index (χ1v) is 10.4. The molecular formula is C23H17FN8O. The molecule has 9 nitrogen and oxygen atoms in total. The number of ether oxygens (including phenoxy) is 1. The Bertz CT molecular complexity index is 1600. The number of fused-ring (bicyclic) bond motifs is 3. The number of aromatic nitrogens is 6. The average molecular weight is 440 g/mol. The number of anilines is 1. The summed E-state index contributed by atoms with van der Waals surface area (Å²) >= 11 is 0. The van der Waals surface area contributed by atoms with Crippen molar-refractivity contribution in [1.29, 1.82) is 5.26 Å². The van der Waals surface area contributed by atoms with Crippen LogP contribution in [0.15, 0.2) is 43.0 Å². The molecule has 0 saturated heterocycles. The zero-order valence-electron chi connectivity index (χ0n) is 17.6. The van der Waals surface area contributed by atoms with Crippen LogP contribution in [-0.4, -0.2) is 35.6 Å². The number of imidazole rings is 1. The number of aryl methyl sites for hydroxylation is 1. The molecule has 0 amide bonds. The third kappa shape index (κ3) is 2.90. The minimum atomic E-state index is -0.280. The minimum absolute atomic E-state index is 0.249. The van der Waals surface area contributed by atoms with E-state index in [0.29, 0.717) is 41.5 Å². The lowest BCUT2D eigenvalue weighted by atomic mass is 10.0. The van der Waals surface area contributed by atoms with Gasteiger partial charge in [-0.15, -0.1) is 10.2 Å². The molecule has 5 heterocycles. The molecule has 1 aromatic carbocycles. The fourth-order valence-corrected chi connectivity index (χ4v) is 4.35. The van der Waals surface area contributed by atoms with E-state index in [1.165, 1.54) is 6.07 Å². The molecule has 0 spiro atoms. The number of nitrogens with one attached hydrogen (secondary N) is 1. The van der Waals surface area contributed by atoms with E-state index in [1.807, 2.05) is 19.1 Å². The molecule has 6 rings (SSSR count). The van der Waals surface area contributed by atoms with E-state index < -0.39 is 0 Å². The van der Waals surface area contributed by atoms with Gasteiger partial charge in [0.1, 0.15) is 35.3 Å². The SMILES string of the molecule is Cc1ccc(-c2cnc(NCc3c(F)ccc4c3CCO4)n3cnnc23)c2ncc(C#N)n12. The molecule has 0 saturated carbocycles. The molecule has 0 fully saturated rings. The van der Waals surface area contributed by atoms with Crippen molar-refractivity contribution in [3.8, 4) is 22.9 Å². The molecule has 4 aromatic heterocycles. The first-order chi connectivity index (χ1) is 16.2. The minimum Gasteiger partial charge on any atom is -0.493 e. The van der Waals surface area contributed by atoms with Gasteiger partial charge in [0.2, 0.25) is 5.95 Å². The zero-order valence-corrected chi connectivity index (χ0v) is 17.6. The molecule has 0 unspecified atom stereocenters. The molecular weight excluding hydrogens is 423 g/mol. The Kier molecular flexibility index (Phi) is 4.23. The van der Waals surface area contributed by atoms with Gasteiger partial charge >= 0.3 is 0 Å². The maximum atomic E-state index is 14.5. The Morgan fingerprint density at radius 1 is 1.15 bits per heavy atom. The number of rotatable bonds is 4. The summed E-state index contributed by atoms with van der Waals surface area (Å²) in [7, 11) is 0. The first-order valence-electron chi connectivity index (χ1n) is 10.4. The van der Waals surface area contributed by atoms with Crippen LogP contribution in [0.25, 0.3) is 22.4 Å². The highest BCUT2D eigenvalue weighted by molar-refractivity contribution is 5.86. The molecule has 33 heavy (non-hydrogen) atoms. The first kappa shape index (κ1) is 19.2. The van der Waals surface area contributed by atoms with Crippen LogP contribution in [0, 0.1) is 24.1 Å². The smallest absolute Gasteiger partial charge is 0.210 e. The zero-order chi connectivity index (χ0) is 22.5. The van der Waals surface area contributed by atoms with Crippen LogP contribution in [-0.2, 0) is 13.0 Å². The second kappa shape index (κ2) is 7.27. The van der Waals surface area contributed by atoms with Gasteiger partial charge in [-0.2, -0.15) is 5.26 Å². The number of nitrogens with zero attached hydrogens (tertiary/aromatic N) is 7. The molecule has 0 atom stereocenters. The Morgan fingerprint density at radius 3 is 2.94 bits per heavy atom. The van der Waals surface area contributed by atoms with Gasteiger partial charge < -0.3 is 10.1 Å². The molecule has 10 heteroatoms. The van der Waals surface area contributed by atoms with Crippen molar-refractivity contribution in [2.45, 2.75) is 19.9 Å². The van der Waals surface area contributed by atoms with E-state index in [0.717, 1.165) is 28.1 Å². The summed E-state index contributed by atoms with van der Waals surface area (Å²) in [5, 5.41) is 21.0. The normalized spacial score (nSPS) is 12.6. The van der Waals surface area contributed by atoms with Crippen molar-refractivity contribution in [2.24, 2.45) is 0 Å². The lowest BCUT2D eigenvalue weighted by Gasteiger charge is -2.13. The number of halogens is 1. The number of pyridine rings is 1. The number of benzene rings is 1. The summed E-state index contributed by atoms with van der Waals surface area (Å²) in [6, 6.07) is 9.11. The highest BCUT2D eigenvalue weighted by atomic mass is 19.1. The van der Waals surface area contributed by atoms with E-state index in [2.05, 4.69) is 31.6 Å². The fourth-order valence-electron chi connectivity index (χ4n) is 4.35. The predicted molar refractivity (Wildman–Crippen MR) is 117 cm³/mol. The Labute approximate surface area is 187 Å². The lowest BCUT2D eigenvalue weighted by Crippen LogP contribution is -2.10. The van der Waals surface area contributed by atoms with Crippen molar-refractivity contribution in [3.05, 3.63) is 71.3 Å².